The van der Waals surface area contributed by atoms with Crippen LogP contribution in [0.25, 0.3) is 0 Å². The van der Waals surface area contributed by atoms with Gasteiger partial charge in [0.05, 0.1) is 0 Å². The minimum Gasteiger partial charge on any atom is -0.374 e. The van der Waals surface area contributed by atoms with Crippen molar-refractivity contribution in [1.82, 2.24) is 4.98 Å². The Morgan fingerprint density at radius 3 is 2.70 bits per heavy atom. The molecule has 0 aliphatic carbocycles. The van der Waals surface area contributed by atoms with Gasteiger partial charge in [0.2, 0.25) is 0 Å². The standard InChI is InChI=1S/C16H20BrN3/c1-20(11-8-14-4-2-3-10-19-14)15-6-5-13(7-9-18)16(17)12-15/h2-6,10,12H,7-9,11,18H2,1H3. The Labute approximate surface area is 129 Å². The van der Waals surface area contributed by atoms with Crippen molar-refractivity contribution in [3.63, 3.8) is 0 Å². The normalized spacial score (nSPS) is 10.6. The van der Waals surface area contributed by atoms with E-state index in [4.69, 9.17) is 5.73 Å². The Morgan fingerprint density at radius 1 is 1.20 bits per heavy atom. The highest BCUT2D eigenvalue weighted by Crippen LogP contribution is 2.24. The number of pyridine rings is 1. The fourth-order valence-corrected chi connectivity index (χ4v) is 2.65. The fraction of sp³-hybridized carbons (Fsp3) is 0.312. The van der Waals surface area contributed by atoms with Crippen molar-refractivity contribution in [3.8, 4) is 0 Å². The van der Waals surface area contributed by atoms with Crippen LogP contribution in [0.5, 0.6) is 0 Å². The Morgan fingerprint density at radius 2 is 2.05 bits per heavy atom. The van der Waals surface area contributed by atoms with Gasteiger partial charge in [-0.25, -0.2) is 0 Å². The van der Waals surface area contributed by atoms with E-state index in [2.05, 4.69) is 57.1 Å². The monoisotopic (exact) mass is 333 g/mol. The SMILES string of the molecule is CN(CCc1ccccn1)c1ccc(CCN)c(Br)c1. The molecule has 0 aliphatic heterocycles. The molecular weight excluding hydrogens is 314 g/mol. The third kappa shape index (κ3) is 4.05. The average Bonchev–Trinajstić information content (AvgIpc) is 2.48. The Hall–Kier alpha value is -1.39. The van der Waals surface area contributed by atoms with E-state index in [9.17, 15) is 0 Å². The third-order valence-corrected chi connectivity index (χ3v) is 4.06. The number of nitrogens with two attached hydrogens (primary N) is 1. The maximum Gasteiger partial charge on any atom is 0.0421 e. The Bertz CT molecular complexity index is 543. The number of hydrogen-bond donors (Lipinski definition) is 1. The lowest BCUT2D eigenvalue weighted by Gasteiger charge is -2.20. The summed E-state index contributed by atoms with van der Waals surface area (Å²) in [5.74, 6) is 0. The van der Waals surface area contributed by atoms with Gasteiger partial charge in [-0.3, -0.25) is 4.98 Å². The maximum atomic E-state index is 5.60. The van der Waals surface area contributed by atoms with Gasteiger partial charge in [0, 0.05) is 42.1 Å². The minimum atomic E-state index is 0.674. The van der Waals surface area contributed by atoms with Gasteiger partial charge in [-0.05, 0) is 42.8 Å². The van der Waals surface area contributed by atoms with Crippen molar-refractivity contribution in [2.45, 2.75) is 12.8 Å². The molecule has 0 saturated carbocycles. The Kier molecular flexibility index (Phi) is 5.56. The summed E-state index contributed by atoms with van der Waals surface area (Å²) in [6.45, 7) is 1.62. The molecule has 0 unspecified atom stereocenters. The van der Waals surface area contributed by atoms with Gasteiger partial charge in [-0.15, -0.1) is 0 Å². The summed E-state index contributed by atoms with van der Waals surface area (Å²) in [4.78, 5) is 6.59. The van der Waals surface area contributed by atoms with Crippen LogP contribution < -0.4 is 10.6 Å². The molecule has 0 fully saturated rings. The summed E-state index contributed by atoms with van der Waals surface area (Å²) in [6, 6.07) is 12.5. The molecule has 0 radical (unpaired) electrons. The van der Waals surface area contributed by atoms with Crippen LogP contribution in [-0.4, -0.2) is 25.1 Å². The van der Waals surface area contributed by atoms with Crippen molar-refractivity contribution >= 4 is 21.6 Å². The molecule has 0 atom stereocenters. The van der Waals surface area contributed by atoms with Crippen LogP contribution in [0.1, 0.15) is 11.3 Å². The van der Waals surface area contributed by atoms with Gasteiger partial charge in [-0.2, -0.15) is 0 Å². The van der Waals surface area contributed by atoms with Gasteiger partial charge >= 0.3 is 0 Å². The number of halogens is 1. The van der Waals surface area contributed by atoms with Crippen LogP contribution in [0.2, 0.25) is 0 Å². The van der Waals surface area contributed by atoms with E-state index >= 15 is 0 Å². The number of hydrogen-bond acceptors (Lipinski definition) is 3. The molecule has 2 aromatic rings. The molecule has 0 bridgehead atoms. The molecule has 106 valence electrons. The summed E-state index contributed by atoms with van der Waals surface area (Å²) >= 11 is 3.62. The zero-order chi connectivity index (χ0) is 14.4. The van der Waals surface area contributed by atoms with Gasteiger partial charge in [0.15, 0.2) is 0 Å². The highest BCUT2D eigenvalue weighted by atomic mass is 79.9. The van der Waals surface area contributed by atoms with E-state index in [0.29, 0.717) is 6.54 Å². The number of rotatable bonds is 6. The zero-order valence-electron chi connectivity index (χ0n) is 11.7. The average molecular weight is 334 g/mol. The topological polar surface area (TPSA) is 42.2 Å². The molecule has 0 amide bonds. The van der Waals surface area contributed by atoms with Crippen molar-refractivity contribution < 1.29 is 0 Å². The second kappa shape index (κ2) is 7.41. The maximum absolute atomic E-state index is 5.60. The molecule has 0 saturated heterocycles. The molecule has 0 aliphatic rings. The highest BCUT2D eigenvalue weighted by molar-refractivity contribution is 9.10. The highest BCUT2D eigenvalue weighted by Gasteiger charge is 2.05. The summed E-state index contributed by atoms with van der Waals surface area (Å²) in [5.41, 5.74) is 9.19. The molecule has 3 nitrogen and oxygen atoms in total. The van der Waals surface area contributed by atoms with Gasteiger partial charge in [-0.1, -0.05) is 28.1 Å². The van der Waals surface area contributed by atoms with Crippen molar-refractivity contribution in [1.29, 1.82) is 0 Å². The quantitative estimate of drug-likeness (QED) is 0.883. The smallest absolute Gasteiger partial charge is 0.0421 e. The van der Waals surface area contributed by atoms with Crippen molar-refractivity contribution in [2.24, 2.45) is 5.73 Å². The molecule has 0 spiro atoms. The molecule has 1 heterocycles. The molecule has 2 rings (SSSR count). The molecular formula is C16H20BrN3. The van der Waals surface area contributed by atoms with Crippen LogP contribution >= 0.6 is 15.9 Å². The van der Waals surface area contributed by atoms with E-state index in [-0.39, 0.29) is 0 Å². The summed E-state index contributed by atoms with van der Waals surface area (Å²) in [6.07, 6.45) is 3.69. The first-order valence-electron chi connectivity index (χ1n) is 6.80. The summed E-state index contributed by atoms with van der Waals surface area (Å²) < 4.78 is 1.13. The molecule has 20 heavy (non-hydrogen) atoms. The first kappa shape index (κ1) is 15.0. The summed E-state index contributed by atoms with van der Waals surface area (Å²) in [5, 5.41) is 0. The number of nitrogens with zero attached hydrogens (tertiary/aromatic N) is 2. The second-order valence-electron chi connectivity index (χ2n) is 4.81. The predicted molar refractivity (Wildman–Crippen MR) is 88.1 cm³/mol. The van der Waals surface area contributed by atoms with Gasteiger partial charge < -0.3 is 10.6 Å². The van der Waals surface area contributed by atoms with Crippen LogP contribution in [-0.2, 0) is 12.8 Å². The van der Waals surface area contributed by atoms with E-state index in [1.807, 2.05) is 18.3 Å². The number of benzene rings is 1. The van der Waals surface area contributed by atoms with Crippen LogP contribution in [0.3, 0.4) is 0 Å². The number of aromatic nitrogens is 1. The summed E-state index contributed by atoms with van der Waals surface area (Å²) in [7, 11) is 2.10. The first-order chi connectivity index (χ1) is 9.70. The number of likely N-dealkylation sites (N-methyl/N-ethyl adjacent to an activating group) is 1. The predicted octanol–water partition coefficient (Wildman–Crippen LogP) is 3.02. The van der Waals surface area contributed by atoms with Crippen LogP contribution in [0, 0.1) is 0 Å². The zero-order valence-corrected chi connectivity index (χ0v) is 13.3. The van der Waals surface area contributed by atoms with Crippen LogP contribution in [0.15, 0.2) is 47.1 Å². The second-order valence-corrected chi connectivity index (χ2v) is 5.66. The van der Waals surface area contributed by atoms with E-state index < -0.39 is 0 Å². The van der Waals surface area contributed by atoms with Crippen LogP contribution in [0.4, 0.5) is 5.69 Å². The lowest BCUT2D eigenvalue weighted by atomic mass is 10.1. The van der Waals surface area contributed by atoms with E-state index in [1.165, 1.54) is 11.3 Å². The largest absolute Gasteiger partial charge is 0.374 e. The molecule has 1 aromatic heterocycles. The first-order valence-corrected chi connectivity index (χ1v) is 7.59. The van der Waals surface area contributed by atoms with Crippen molar-refractivity contribution in [3.05, 3.63) is 58.3 Å². The van der Waals surface area contributed by atoms with E-state index in [0.717, 1.165) is 29.6 Å². The van der Waals surface area contributed by atoms with E-state index in [1.54, 1.807) is 0 Å². The molecule has 2 N–H and O–H groups in total. The lowest BCUT2D eigenvalue weighted by Crippen LogP contribution is -2.20. The van der Waals surface area contributed by atoms with Crippen molar-refractivity contribution in [2.75, 3.05) is 25.0 Å². The minimum absolute atomic E-state index is 0.674. The molecule has 4 heteroatoms. The van der Waals surface area contributed by atoms with Gasteiger partial charge in [0.1, 0.15) is 0 Å². The number of anilines is 1. The lowest BCUT2D eigenvalue weighted by molar-refractivity contribution is 0.851. The molecule has 1 aromatic carbocycles. The van der Waals surface area contributed by atoms with Gasteiger partial charge in [0.25, 0.3) is 0 Å². The fourth-order valence-electron chi connectivity index (χ4n) is 2.09. The Balaban J connectivity index is 1.98. The third-order valence-electron chi connectivity index (χ3n) is 3.32.